The van der Waals surface area contributed by atoms with Crippen LogP contribution in [0.1, 0.15) is 32.6 Å². The molecule has 1 unspecified atom stereocenters. The molecule has 2 nitrogen and oxygen atoms in total. The summed E-state index contributed by atoms with van der Waals surface area (Å²) in [6.07, 6.45) is 4.74. The molecule has 58 valence electrons. The minimum atomic E-state index is 0.285. The van der Waals surface area contributed by atoms with Crippen molar-refractivity contribution in [2.45, 2.75) is 37.6 Å². The van der Waals surface area contributed by atoms with E-state index in [-0.39, 0.29) is 5.04 Å². The van der Waals surface area contributed by atoms with E-state index in [1.54, 1.807) is 0 Å². The van der Waals surface area contributed by atoms with E-state index in [9.17, 15) is 0 Å². The molecular formula is C7H15NOSi. The van der Waals surface area contributed by atoms with E-state index in [1.807, 2.05) is 0 Å². The van der Waals surface area contributed by atoms with Gasteiger partial charge in [-0.2, -0.15) is 0 Å². The molecule has 1 rings (SSSR count). The van der Waals surface area contributed by atoms with Gasteiger partial charge in [-0.25, -0.2) is 0 Å². The number of hydrogen-bond acceptors (Lipinski definition) is 2. The summed E-state index contributed by atoms with van der Waals surface area (Å²) in [5.41, 5.74) is 1.03. The smallest absolute Gasteiger partial charge is 0.0592 e. The van der Waals surface area contributed by atoms with Crippen LogP contribution in [0.25, 0.3) is 0 Å². The summed E-state index contributed by atoms with van der Waals surface area (Å²) in [7, 11) is 1.11. The van der Waals surface area contributed by atoms with Crippen molar-refractivity contribution in [1.82, 2.24) is 0 Å². The van der Waals surface area contributed by atoms with Gasteiger partial charge in [-0.3, -0.25) is 0 Å². The average molecular weight is 157 g/mol. The van der Waals surface area contributed by atoms with Crippen LogP contribution in [-0.2, 0) is 0 Å². The highest BCUT2D eigenvalue weighted by atomic mass is 28.1. The Kier molecular flexibility index (Phi) is 2.13. The second-order valence-corrected chi connectivity index (χ2v) is 5.84. The monoisotopic (exact) mass is 157 g/mol. The highest BCUT2D eigenvalue weighted by Gasteiger charge is 2.28. The third kappa shape index (κ3) is 1.40. The molecule has 0 saturated heterocycles. The van der Waals surface area contributed by atoms with Crippen molar-refractivity contribution in [3.05, 3.63) is 0 Å². The van der Waals surface area contributed by atoms with Crippen LogP contribution in [0.4, 0.5) is 0 Å². The summed E-state index contributed by atoms with van der Waals surface area (Å²) in [6.45, 7) is 2.20. The molecule has 1 atom stereocenters. The first kappa shape index (κ1) is 7.79. The maximum absolute atomic E-state index is 8.64. The zero-order valence-electron chi connectivity index (χ0n) is 6.72. The first-order valence-electron chi connectivity index (χ1n) is 3.88. The fraction of sp³-hybridized carbons (Fsp3) is 0.857. The number of rotatable bonds is 0. The zero-order chi connectivity index (χ0) is 7.61. The molecule has 0 radical (unpaired) electrons. The second kappa shape index (κ2) is 2.74. The SMILES string of the molecule is CC1([SiH3])CCCCC1=NO. The van der Waals surface area contributed by atoms with Crippen LogP contribution in [0, 0.1) is 0 Å². The number of oxime groups is 1. The molecule has 1 aliphatic carbocycles. The van der Waals surface area contributed by atoms with Crippen LogP contribution in [0.3, 0.4) is 0 Å². The van der Waals surface area contributed by atoms with Crippen LogP contribution in [0.15, 0.2) is 5.16 Å². The van der Waals surface area contributed by atoms with Crippen molar-refractivity contribution < 1.29 is 5.21 Å². The van der Waals surface area contributed by atoms with Gasteiger partial charge in [0, 0.05) is 10.2 Å². The van der Waals surface area contributed by atoms with Gasteiger partial charge < -0.3 is 5.21 Å². The summed E-state index contributed by atoms with van der Waals surface area (Å²) in [5.74, 6) is 0. The summed E-state index contributed by atoms with van der Waals surface area (Å²) in [6, 6.07) is 0. The fourth-order valence-corrected chi connectivity index (χ4v) is 2.23. The Morgan fingerprint density at radius 3 is 2.70 bits per heavy atom. The molecule has 0 aromatic carbocycles. The maximum atomic E-state index is 8.64. The quantitative estimate of drug-likeness (QED) is 0.317. The van der Waals surface area contributed by atoms with Crippen molar-refractivity contribution in [1.29, 1.82) is 0 Å². The molecule has 1 saturated carbocycles. The number of nitrogens with zero attached hydrogens (tertiary/aromatic N) is 1. The first-order valence-corrected chi connectivity index (χ1v) is 4.88. The number of hydrogen-bond donors (Lipinski definition) is 1. The lowest BCUT2D eigenvalue weighted by molar-refractivity contribution is 0.311. The van der Waals surface area contributed by atoms with Gasteiger partial charge in [0.15, 0.2) is 0 Å². The van der Waals surface area contributed by atoms with Gasteiger partial charge in [0.1, 0.15) is 0 Å². The lowest BCUT2D eigenvalue weighted by Gasteiger charge is -2.29. The molecule has 3 heteroatoms. The van der Waals surface area contributed by atoms with E-state index in [1.165, 1.54) is 19.3 Å². The first-order chi connectivity index (χ1) is 4.67. The van der Waals surface area contributed by atoms with E-state index in [0.29, 0.717) is 0 Å². The van der Waals surface area contributed by atoms with Gasteiger partial charge in [-0.05, 0) is 24.3 Å². The van der Waals surface area contributed by atoms with Crippen molar-refractivity contribution in [2.24, 2.45) is 5.16 Å². The van der Waals surface area contributed by atoms with Gasteiger partial charge in [-0.15, -0.1) is 0 Å². The molecule has 1 fully saturated rings. The molecule has 0 heterocycles. The predicted molar refractivity (Wildman–Crippen MR) is 46.0 cm³/mol. The molecule has 0 bridgehead atoms. The summed E-state index contributed by atoms with van der Waals surface area (Å²) < 4.78 is 0. The Morgan fingerprint density at radius 2 is 2.30 bits per heavy atom. The minimum absolute atomic E-state index is 0.285. The standard InChI is InChI=1S/C7H15NOSi/c1-7(10)5-3-2-4-6(7)8-9/h9H,2-5H2,1,10H3. The van der Waals surface area contributed by atoms with Gasteiger partial charge in [0.25, 0.3) is 0 Å². The van der Waals surface area contributed by atoms with Crippen molar-refractivity contribution in [2.75, 3.05) is 0 Å². The van der Waals surface area contributed by atoms with Gasteiger partial charge in [-0.1, -0.05) is 18.5 Å². The lowest BCUT2D eigenvalue weighted by Crippen LogP contribution is -2.24. The average Bonchev–Trinajstić information content (AvgIpc) is 1.87. The van der Waals surface area contributed by atoms with E-state index >= 15 is 0 Å². The Labute approximate surface area is 64.7 Å². The fourth-order valence-electron chi connectivity index (χ4n) is 1.53. The Balaban J connectivity index is 2.70. The van der Waals surface area contributed by atoms with Gasteiger partial charge in [0.05, 0.1) is 5.71 Å². The van der Waals surface area contributed by atoms with Crippen LogP contribution in [0.5, 0.6) is 0 Å². The van der Waals surface area contributed by atoms with Crippen LogP contribution in [-0.4, -0.2) is 21.2 Å². The summed E-state index contributed by atoms with van der Waals surface area (Å²) in [5, 5.41) is 12.3. The molecule has 0 aromatic rings. The van der Waals surface area contributed by atoms with Crippen LogP contribution >= 0.6 is 0 Å². The highest BCUT2D eigenvalue weighted by molar-refractivity contribution is 6.29. The normalized spacial score (nSPS) is 38.7. The zero-order valence-corrected chi connectivity index (χ0v) is 8.72. The Bertz CT molecular complexity index is 154. The Hall–Kier alpha value is -0.313. The molecule has 0 amide bonds. The van der Waals surface area contributed by atoms with Crippen molar-refractivity contribution >= 4 is 16.0 Å². The van der Waals surface area contributed by atoms with Crippen molar-refractivity contribution in [3.8, 4) is 0 Å². The Morgan fingerprint density at radius 1 is 1.60 bits per heavy atom. The van der Waals surface area contributed by atoms with Gasteiger partial charge >= 0.3 is 0 Å². The predicted octanol–water partition coefficient (Wildman–Crippen LogP) is 0.935. The molecular weight excluding hydrogens is 142 g/mol. The summed E-state index contributed by atoms with van der Waals surface area (Å²) in [4.78, 5) is 0. The topological polar surface area (TPSA) is 32.6 Å². The molecule has 1 N–H and O–H groups in total. The molecule has 0 spiro atoms. The minimum Gasteiger partial charge on any atom is -0.411 e. The van der Waals surface area contributed by atoms with Crippen molar-refractivity contribution in [3.63, 3.8) is 0 Å². The third-order valence-corrected chi connectivity index (χ3v) is 3.44. The third-order valence-electron chi connectivity index (χ3n) is 2.37. The largest absolute Gasteiger partial charge is 0.411 e. The molecule has 0 aliphatic heterocycles. The van der Waals surface area contributed by atoms with E-state index in [0.717, 1.165) is 22.4 Å². The lowest BCUT2D eigenvalue weighted by atomic mass is 9.88. The van der Waals surface area contributed by atoms with Crippen LogP contribution < -0.4 is 0 Å². The highest BCUT2D eigenvalue weighted by Crippen LogP contribution is 2.36. The van der Waals surface area contributed by atoms with E-state index in [4.69, 9.17) is 5.21 Å². The molecule has 10 heavy (non-hydrogen) atoms. The van der Waals surface area contributed by atoms with Crippen LogP contribution in [0.2, 0.25) is 5.04 Å². The molecule has 0 aromatic heterocycles. The van der Waals surface area contributed by atoms with E-state index in [2.05, 4.69) is 12.1 Å². The van der Waals surface area contributed by atoms with E-state index < -0.39 is 0 Å². The van der Waals surface area contributed by atoms with Gasteiger partial charge in [0.2, 0.25) is 0 Å². The second-order valence-electron chi connectivity index (χ2n) is 3.64. The summed E-state index contributed by atoms with van der Waals surface area (Å²) >= 11 is 0. The maximum Gasteiger partial charge on any atom is 0.0592 e. The molecule has 1 aliphatic rings.